The number of nitrogens with one attached hydrogen (secondary N) is 1. The number of carbonyl (C=O) groups excluding carboxylic acids is 1. The van der Waals surface area contributed by atoms with Crippen molar-refractivity contribution in [3.05, 3.63) is 69.8 Å². The molecule has 0 atom stereocenters. The summed E-state index contributed by atoms with van der Waals surface area (Å²) in [7, 11) is 0. The number of amides is 1. The van der Waals surface area contributed by atoms with Crippen molar-refractivity contribution in [1.29, 1.82) is 0 Å². The molecule has 0 spiro atoms. The largest absolute Gasteiger partial charge is 0.302 e. The topological polar surface area (TPSA) is 115 Å². The van der Waals surface area contributed by atoms with Gasteiger partial charge in [0.25, 0.3) is 11.6 Å². The Kier molecular flexibility index (Phi) is 7.14. The Bertz CT molecular complexity index is 1120. The lowest BCUT2D eigenvalue weighted by molar-refractivity contribution is -0.384. The third-order valence-corrected chi connectivity index (χ3v) is 5.47. The Morgan fingerprint density at radius 1 is 1.23 bits per heavy atom. The highest BCUT2D eigenvalue weighted by Crippen LogP contribution is 2.24. The summed E-state index contributed by atoms with van der Waals surface area (Å²) in [6.07, 6.45) is 0. The molecule has 31 heavy (non-hydrogen) atoms. The molecule has 2 aromatic carbocycles. The second kappa shape index (κ2) is 9.98. The molecule has 0 aliphatic rings. The molecular formula is C21H22N6O3S. The highest BCUT2D eigenvalue weighted by Gasteiger charge is 2.14. The molecule has 0 radical (unpaired) electrons. The maximum Gasteiger partial charge on any atom is 0.270 e. The first-order chi connectivity index (χ1) is 14.9. The van der Waals surface area contributed by atoms with Crippen LogP contribution in [0, 0.1) is 17.0 Å². The molecule has 1 amide bonds. The summed E-state index contributed by atoms with van der Waals surface area (Å²) in [5.74, 6) is 0.555. The van der Waals surface area contributed by atoms with E-state index >= 15 is 0 Å². The van der Waals surface area contributed by atoms with E-state index in [1.54, 1.807) is 19.1 Å². The minimum absolute atomic E-state index is 0.0304. The van der Waals surface area contributed by atoms with Crippen LogP contribution in [0.5, 0.6) is 0 Å². The van der Waals surface area contributed by atoms with Crippen LogP contribution in [0.2, 0.25) is 0 Å². The number of carbonyl (C=O) groups is 1. The van der Waals surface area contributed by atoms with Gasteiger partial charge in [0.05, 0.1) is 16.4 Å². The van der Waals surface area contributed by atoms with Crippen molar-refractivity contribution in [3.63, 3.8) is 0 Å². The number of non-ortho nitro benzene ring substituents is 1. The van der Waals surface area contributed by atoms with E-state index in [2.05, 4.69) is 20.7 Å². The molecule has 1 heterocycles. The van der Waals surface area contributed by atoms with Gasteiger partial charge in [-0.1, -0.05) is 53.7 Å². The van der Waals surface area contributed by atoms with E-state index in [1.807, 2.05) is 42.7 Å². The zero-order chi connectivity index (χ0) is 22.4. The predicted octanol–water partition coefficient (Wildman–Crippen LogP) is 3.81. The van der Waals surface area contributed by atoms with Crippen LogP contribution >= 0.6 is 11.8 Å². The van der Waals surface area contributed by atoms with Crippen LogP contribution in [-0.2, 0) is 11.3 Å². The molecule has 0 bridgehead atoms. The number of hydrogen-bond acceptors (Lipinski definition) is 7. The number of nitrogens with zero attached hydrogens (tertiary/aromatic N) is 5. The van der Waals surface area contributed by atoms with Crippen LogP contribution in [-0.4, -0.2) is 37.1 Å². The number of aryl methyl sites for hydroxylation is 1. The van der Waals surface area contributed by atoms with Crippen LogP contribution in [0.25, 0.3) is 11.4 Å². The van der Waals surface area contributed by atoms with Gasteiger partial charge in [0.15, 0.2) is 11.0 Å². The molecule has 1 N–H and O–H groups in total. The van der Waals surface area contributed by atoms with Crippen molar-refractivity contribution in [2.45, 2.75) is 32.5 Å². The summed E-state index contributed by atoms with van der Waals surface area (Å²) < 4.78 is 1.96. The molecule has 0 unspecified atom stereocenters. The highest BCUT2D eigenvalue weighted by molar-refractivity contribution is 7.99. The third kappa shape index (κ3) is 5.54. The van der Waals surface area contributed by atoms with Crippen molar-refractivity contribution in [3.8, 4) is 11.4 Å². The van der Waals surface area contributed by atoms with Crippen LogP contribution in [0.4, 0.5) is 5.69 Å². The SMILES string of the molecule is CCn1c(SCC(=O)N/N=C(/C)c2cccc([N+](=O)[O-])c2)nnc1-c1ccc(C)cc1. The molecule has 3 aromatic rings. The van der Waals surface area contributed by atoms with Crippen molar-refractivity contribution < 1.29 is 9.72 Å². The fourth-order valence-corrected chi connectivity index (χ4v) is 3.61. The Balaban J connectivity index is 1.63. The smallest absolute Gasteiger partial charge is 0.270 e. The zero-order valence-electron chi connectivity index (χ0n) is 17.4. The van der Waals surface area contributed by atoms with E-state index in [0.29, 0.717) is 23.0 Å². The van der Waals surface area contributed by atoms with Crippen LogP contribution in [0.3, 0.4) is 0 Å². The van der Waals surface area contributed by atoms with E-state index in [4.69, 9.17) is 0 Å². The van der Waals surface area contributed by atoms with E-state index < -0.39 is 4.92 Å². The molecule has 0 fully saturated rings. The molecule has 0 saturated heterocycles. The van der Waals surface area contributed by atoms with Crippen LogP contribution in [0.15, 0.2) is 58.8 Å². The van der Waals surface area contributed by atoms with Crippen molar-refractivity contribution in [2.24, 2.45) is 5.10 Å². The standard InChI is InChI=1S/C21H22N6O3S/c1-4-26-20(16-10-8-14(2)9-11-16)24-25-21(26)31-13-19(28)23-22-15(3)17-6-5-7-18(12-17)27(29)30/h5-12H,4,13H2,1-3H3,(H,23,28)/b22-15-. The minimum Gasteiger partial charge on any atom is -0.302 e. The first-order valence-corrected chi connectivity index (χ1v) is 10.6. The van der Waals surface area contributed by atoms with Gasteiger partial charge >= 0.3 is 0 Å². The average molecular weight is 439 g/mol. The fraction of sp³-hybridized carbons (Fsp3) is 0.238. The molecule has 160 valence electrons. The van der Waals surface area contributed by atoms with E-state index in [0.717, 1.165) is 11.4 Å². The predicted molar refractivity (Wildman–Crippen MR) is 120 cm³/mol. The van der Waals surface area contributed by atoms with Gasteiger partial charge in [-0.15, -0.1) is 10.2 Å². The van der Waals surface area contributed by atoms with Crippen LogP contribution in [0.1, 0.15) is 25.0 Å². The van der Waals surface area contributed by atoms with Gasteiger partial charge in [0, 0.05) is 29.8 Å². The average Bonchev–Trinajstić information content (AvgIpc) is 3.19. The second-order valence-electron chi connectivity index (χ2n) is 6.74. The van der Waals surface area contributed by atoms with Crippen molar-refractivity contribution >= 4 is 29.1 Å². The van der Waals surface area contributed by atoms with Crippen molar-refractivity contribution in [1.82, 2.24) is 20.2 Å². The number of nitro benzene ring substituents is 1. The first kappa shape index (κ1) is 22.2. The number of rotatable bonds is 8. The number of thioether (sulfide) groups is 1. The Labute approximate surface area is 183 Å². The summed E-state index contributed by atoms with van der Waals surface area (Å²) in [6, 6.07) is 14.1. The monoisotopic (exact) mass is 438 g/mol. The number of benzene rings is 2. The lowest BCUT2D eigenvalue weighted by atomic mass is 10.1. The first-order valence-electron chi connectivity index (χ1n) is 9.60. The van der Waals surface area contributed by atoms with Gasteiger partial charge in [-0.2, -0.15) is 5.10 Å². The van der Waals surface area contributed by atoms with Gasteiger partial charge < -0.3 is 4.57 Å². The third-order valence-electron chi connectivity index (χ3n) is 4.50. The van der Waals surface area contributed by atoms with Gasteiger partial charge in [0.2, 0.25) is 0 Å². The van der Waals surface area contributed by atoms with Gasteiger partial charge in [-0.3, -0.25) is 14.9 Å². The summed E-state index contributed by atoms with van der Waals surface area (Å²) in [6.45, 7) is 6.37. The molecular weight excluding hydrogens is 416 g/mol. The van der Waals surface area contributed by atoms with Gasteiger partial charge in [0.1, 0.15) is 0 Å². The fourth-order valence-electron chi connectivity index (χ4n) is 2.81. The van der Waals surface area contributed by atoms with E-state index in [1.165, 1.54) is 29.5 Å². The Morgan fingerprint density at radius 2 is 1.97 bits per heavy atom. The summed E-state index contributed by atoms with van der Waals surface area (Å²) in [4.78, 5) is 22.7. The summed E-state index contributed by atoms with van der Waals surface area (Å²) in [5.41, 5.74) is 5.62. The molecule has 1 aromatic heterocycles. The Hall–Kier alpha value is -3.53. The van der Waals surface area contributed by atoms with E-state index in [9.17, 15) is 14.9 Å². The zero-order valence-corrected chi connectivity index (χ0v) is 18.2. The summed E-state index contributed by atoms with van der Waals surface area (Å²) >= 11 is 1.27. The lowest BCUT2D eigenvalue weighted by Gasteiger charge is -2.07. The number of aromatic nitrogens is 3. The Morgan fingerprint density at radius 3 is 2.65 bits per heavy atom. The minimum atomic E-state index is -0.471. The second-order valence-corrected chi connectivity index (χ2v) is 7.69. The van der Waals surface area contributed by atoms with Crippen molar-refractivity contribution in [2.75, 3.05) is 5.75 Å². The lowest BCUT2D eigenvalue weighted by Crippen LogP contribution is -2.21. The van der Waals surface area contributed by atoms with Gasteiger partial charge in [-0.25, -0.2) is 5.43 Å². The van der Waals surface area contributed by atoms with Gasteiger partial charge in [-0.05, 0) is 20.8 Å². The molecule has 3 rings (SSSR count). The van der Waals surface area contributed by atoms with Crippen LogP contribution < -0.4 is 5.43 Å². The molecule has 10 heteroatoms. The number of nitro groups is 1. The maximum atomic E-state index is 12.2. The number of hydrogen-bond donors (Lipinski definition) is 1. The molecule has 0 saturated carbocycles. The normalized spacial score (nSPS) is 11.4. The number of hydrazone groups is 1. The summed E-state index contributed by atoms with van der Waals surface area (Å²) in [5, 5.41) is 24.1. The maximum absolute atomic E-state index is 12.2. The molecule has 0 aliphatic heterocycles. The van der Waals surface area contributed by atoms with E-state index in [-0.39, 0.29) is 17.3 Å². The quantitative estimate of drug-likeness (QED) is 0.247. The molecule has 0 aliphatic carbocycles. The highest BCUT2D eigenvalue weighted by atomic mass is 32.2. The molecule has 9 nitrogen and oxygen atoms in total.